The van der Waals surface area contributed by atoms with Crippen LogP contribution in [0.4, 0.5) is 17.8 Å². The minimum atomic E-state index is -0.523. The summed E-state index contributed by atoms with van der Waals surface area (Å²) in [5.74, 6) is 1.58. The standard InChI is InChI=1S/C20H26N8O4/c21-17(29)14-32-16-3-1-15(2-4-16)13-22-26-18-23-19(27-5-9-30-10-6-27)25-20(24-18)28-7-11-31-12-8-28/h1-4,13H,5-12,14H2,(H2,21,29)(H,23,24,25,26)/b22-13+. The van der Waals surface area contributed by atoms with Crippen molar-refractivity contribution in [3.8, 4) is 5.75 Å². The van der Waals surface area contributed by atoms with Crippen LogP contribution in [-0.4, -0.2) is 86.3 Å². The van der Waals surface area contributed by atoms with Gasteiger partial charge in [0.1, 0.15) is 5.75 Å². The molecule has 3 heterocycles. The summed E-state index contributed by atoms with van der Waals surface area (Å²) in [6, 6.07) is 7.10. The molecule has 0 bridgehead atoms. The number of morpholine rings is 2. The zero-order valence-corrected chi connectivity index (χ0v) is 17.6. The average Bonchev–Trinajstić information content (AvgIpc) is 2.84. The minimum absolute atomic E-state index is 0.161. The summed E-state index contributed by atoms with van der Waals surface area (Å²) in [4.78, 5) is 28.7. The summed E-state index contributed by atoms with van der Waals surface area (Å²) in [5, 5.41) is 4.26. The van der Waals surface area contributed by atoms with Crippen molar-refractivity contribution in [3.05, 3.63) is 29.8 Å². The first-order valence-electron chi connectivity index (χ1n) is 10.4. The number of nitrogens with one attached hydrogen (secondary N) is 1. The van der Waals surface area contributed by atoms with E-state index in [0.29, 0.717) is 50.0 Å². The maximum atomic E-state index is 10.8. The molecule has 0 spiro atoms. The molecule has 2 fully saturated rings. The third-order valence-corrected chi connectivity index (χ3v) is 4.84. The smallest absolute Gasteiger partial charge is 0.255 e. The van der Waals surface area contributed by atoms with E-state index in [-0.39, 0.29) is 6.61 Å². The Balaban J connectivity index is 1.46. The number of anilines is 3. The highest BCUT2D eigenvalue weighted by Crippen LogP contribution is 2.19. The van der Waals surface area contributed by atoms with Gasteiger partial charge >= 0.3 is 0 Å². The maximum Gasteiger partial charge on any atom is 0.255 e. The molecule has 0 unspecified atom stereocenters. The molecule has 12 nitrogen and oxygen atoms in total. The molecule has 170 valence electrons. The minimum Gasteiger partial charge on any atom is -0.484 e. The van der Waals surface area contributed by atoms with Crippen molar-refractivity contribution in [2.24, 2.45) is 10.8 Å². The predicted octanol–water partition coefficient (Wildman–Crippen LogP) is -0.145. The molecule has 3 N–H and O–H groups in total. The fraction of sp³-hybridized carbons (Fsp3) is 0.450. The van der Waals surface area contributed by atoms with E-state index in [4.69, 9.17) is 19.9 Å². The Labute approximate surface area is 185 Å². The lowest BCUT2D eigenvalue weighted by atomic mass is 10.2. The monoisotopic (exact) mass is 442 g/mol. The van der Waals surface area contributed by atoms with Gasteiger partial charge in [0, 0.05) is 26.2 Å². The second kappa shape index (κ2) is 10.7. The number of benzene rings is 1. The highest BCUT2D eigenvalue weighted by Gasteiger charge is 2.20. The molecule has 0 saturated carbocycles. The SMILES string of the molecule is NC(=O)COc1ccc(/C=N/Nc2nc(N3CCOCC3)nc(N3CCOCC3)n2)cc1. The molecule has 0 radical (unpaired) electrons. The predicted molar refractivity (Wildman–Crippen MR) is 118 cm³/mol. The molecule has 2 aromatic rings. The van der Waals surface area contributed by atoms with E-state index in [9.17, 15) is 4.79 Å². The molecule has 12 heteroatoms. The Morgan fingerprint density at radius 2 is 1.56 bits per heavy atom. The molecule has 1 aromatic carbocycles. The van der Waals surface area contributed by atoms with Gasteiger partial charge in [-0.3, -0.25) is 4.79 Å². The highest BCUT2D eigenvalue weighted by atomic mass is 16.5. The Kier molecular flexibility index (Phi) is 7.25. The van der Waals surface area contributed by atoms with Crippen LogP contribution in [0.1, 0.15) is 5.56 Å². The molecule has 1 amide bonds. The van der Waals surface area contributed by atoms with E-state index in [1.165, 1.54) is 0 Å². The lowest BCUT2D eigenvalue weighted by Crippen LogP contribution is -2.40. The third kappa shape index (κ3) is 6.02. The van der Waals surface area contributed by atoms with Gasteiger partial charge < -0.3 is 29.7 Å². The van der Waals surface area contributed by atoms with Crippen LogP contribution < -0.4 is 25.7 Å². The second-order valence-electron chi connectivity index (χ2n) is 7.15. The van der Waals surface area contributed by atoms with E-state index in [1.54, 1.807) is 18.3 Å². The van der Waals surface area contributed by atoms with Gasteiger partial charge in [-0.15, -0.1) is 0 Å². The van der Waals surface area contributed by atoms with Gasteiger partial charge in [-0.1, -0.05) is 0 Å². The van der Waals surface area contributed by atoms with Gasteiger partial charge in [0.2, 0.25) is 17.8 Å². The molecule has 2 saturated heterocycles. The molecular formula is C20H26N8O4. The lowest BCUT2D eigenvalue weighted by molar-refractivity contribution is -0.119. The Bertz CT molecular complexity index is 891. The van der Waals surface area contributed by atoms with E-state index in [0.717, 1.165) is 31.7 Å². The number of carbonyl (C=O) groups is 1. The topological polar surface area (TPSA) is 140 Å². The van der Waals surface area contributed by atoms with Crippen LogP contribution >= 0.6 is 0 Å². The van der Waals surface area contributed by atoms with Crippen LogP contribution in [0.25, 0.3) is 0 Å². The van der Waals surface area contributed by atoms with Crippen molar-refractivity contribution < 1.29 is 19.0 Å². The summed E-state index contributed by atoms with van der Waals surface area (Å²) >= 11 is 0. The summed E-state index contributed by atoms with van der Waals surface area (Å²) in [5.41, 5.74) is 8.82. The van der Waals surface area contributed by atoms with Crippen molar-refractivity contribution in [2.75, 3.05) is 74.4 Å². The summed E-state index contributed by atoms with van der Waals surface area (Å²) < 4.78 is 16.1. The van der Waals surface area contributed by atoms with Crippen molar-refractivity contribution in [2.45, 2.75) is 0 Å². The number of ether oxygens (including phenoxy) is 3. The number of primary amides is 1. The summed E-state index contributed by atoms with van der Waals surface area (Å²) in [6.07, 6.45) is 1.64. The largest absolute Gasteiger partial charge is 0.484 e. The van der Waals surface area contributed by atoms with Crippen LogP contribution in [0.3, 0.4) is 0 Å². The quantitative estimate of drug-likeness (QED) is 0.419. The molecule has 0 aliphatic carbocycles. The van der Waals surface area contributed by atoms with Gasteiger partial charge in [0.05, 0.1) is 32.6 Å². The molecule has 2 aliphatic heterocycles. The van der Waals surface area contributed by atoms with Gasteiger partial charge in [0.15, 0.2) is 6.61 Å². The Morgan fingerprint density at radius 3 is 2.09 bits per heavy atom. The number of rotatable bonds is 8. The fourth-order valence-corrected chi connectivity index (χ4v) is 3.18. The first-order valence-corrected chi connectivity index (χ1v) is 10.4. The third-order valence-electron chi connectivity index (χ3n) is 4.84. The normalized spacial score (nSPS) is 16.9. The molecule has 4 rings (SSSR count). The fourth-order valence-electron chi connectivity index (χ4n) is 3.18. The molecular weight excluding hydrogens is 416 g/mol. The van der Waals surface area contributed by atoms with E-state index >= 15 is 0 Å². The highest BCUT2D eigenvalue weighted by molar-refractivity contribution is 5.80. The van der Waals surface area contributed by atoms with Crippen LogP contribution in [0.15, 0.2) is 29.4 Å². The number of hydrogen-bond donors (Lipinski definition) is 2. The van der Waals surface area contributed by atoms with E-state index in [1.807, 2.05) is 12.1 Å². The van der Waals surface area contributed by atoms with E-state index in [2.05, 4.69) is 35.3 Å². The molecule has 2 aliphatic rings. The first-order chi connectivity index (χ1) is 15.7. The number of amides is 1. The van der Waals surface area contributed by atoms with Crippen molar-refractivity contribution in [3.63, 3.8) is 0 Å². The Hall–Kier alpha value is -3.51. The van der Waals surface area contributed by atoms with E-state index < -0.39 is 5.91 Å². The van der Waals surface area contributed by atoms with Crippen molar-refractivity contribution in [1.29, 1.82) is 0 Å². The average molecular weight is 442 g/mol. The van der Waals surface area contributed by atoms with Crippen LogP contribution in [0.2, 0.25) is 0 Å². The number of aromatic nitrogens is 3. The van der Waals surface area contributed by atoms with Gasteiger partial charge in [0.25, 0.3) is 5.91 Å². The zero-order valence-electron chi connectivity index (χ0n) is 17.6. The van der Waals surface area contributed by atoms with Crippen molar-refractivity contribution >= 4 is 30.0 Å². The van der Waals surface area contributed by atoms with Crippen LogP contribution in [-0.2, 0) is 14.3 Å². The second-order valence-corrected chi connectivity index (χ2v) is 7.15. The van der Waals surface area contributed by atoms with Gasteiger partial charge in [-0.25, -0.2) is 5.43 Å². The van der Waals surface area contributed by atoms with Crippen molar-refractivity contribution in [1.82, 2.24) is 15.0 Å². The molecule has 1 aromatic heterocycles. The maximum absolute atomic E-state index is 10.8. The number of nitrogens with zero attached hydrogens (tertiary/aromatic N) is 6. The first kappa shape index (κ1) is 21.7. The van der Waals surface area contributed by atoms with Gasteiger partial charge in [-0.2, -0.15) is 20.1 Å². The lowest BCUT2D eigenvalue weighted by Gasteiger charge is -2.30. The number of nitrogens with two attached hydrogens (primary N) is 1. The zero-order chi connectivity index (χ0) is 22.2. The van der Waals surface area contributed by atoms with Gasteiger partial charge in [-0.05, 0) is 29.8 Å². The molecule has 0 atom stereocenters. The number of hydrogen-bond acceptors (Lipinski definition) is 11. The summed E-state index contributed by atoms with van der Waals surface area (Å²) in [7, 11) is 0. The summed E-state index contributed by atoms with van der Waals surface area (Å²) in [6.45, 7) is 5.28. The molecule has 32 heavy (non-hydrogen) atoms. The number of carbonyl (C=O) groups excluding carboxylic acids is 1. The van der Waals surface area contributed by atoms with Crippen LogP contribution in [0, 0.1) is 0 Å². The van der Waals surface area contributed by atoms with Crippen LogP contribution in [0.5, 0.6) is 5.75 Å². The number of hydrazone groups is 1. The Morgan fingerprint density at radius 1 is 1.00 bits per heavy atom.